The number of hydrogen-bond acceptors (Lipinski definition) is 5. The molecule has 6 heteroatoms. The third-order valence-electron chi connectivity index (χ3n) is 2.94. The molecule has 2 rings (SSSR count). The van der Waals surface area contributed by atoms with Gasteiger partial charge < -0.3 is 15.3 Å². The van der Waals surface area contributed by atoms with Crippen LogP contribution in [0.3, 0.4) is 0 Å². The Kier molecular flexibility index (Phi) is 3.53. The van der Waals surface area contributed by atoms with Crippen molar-refractivity contribution >= 4 is 11.8 Å². The van der Waals surface area contributed by atoms with E-state index in [4.69, 9.17) is 5.11 Å². The maximum Gasteiger partial charge on any atom is 0.356 e. The molecule has 0 aromatic carbocycles. The van der Waals surface area contributed by atoms with Gasteiger partial charge in [-0.15, -0.1) is 0 Å². The normalized spacial score (nSPS) is 17.9. The minimum atomic E-state index is -1.05. The maximum absolute atomic E-state index is 10.6. The van der Waals surface area contributed by atoms with Gasteiger partial charge in [0.2, 0.25) is 0 Å². The highest BCUT2D eigenvalue weighted by molar-refractivity contribution is 5.84. The number of aromatic carboxylic acids is 1. The van der Waals surface area contributed by atoms with E-state index in [1.165, 1.54) is 12.4 Å². The molecule has 0 spiro atoms. The first-order valence-corrected chi connectivity index (χ1v) is 5.65. The van der Waals surface area contributed by atoms with Crippen LogP contribution in [0.25, 0.3) is 0 Å². The number of carbonyl (C=O) groups is 1. The van der Waals surface area contributed by atoms with E-state index in [-0.39, 0.29) is 5.69 Å². The molecule has 0 radical (unpaired) electrons. The lowest BCUT2D eigenvalue weighted by atomic mass is 10.1. The van der Waals surface area contributed by atoms with Gasteiger partial charge in [-0.1, -0.05) is 0 Å². The molecular weight excluding hydrogens is 220 g/mol. The second kappa shape index (κ2) is 5.09. The standard InChI is InChI=1S/C11H16N4O2/c1-15-4-2-8(3-5-15)14-10-7-12-9(6-13-10)11(16)17/h6-8H,2-5H2,1H3,(H,13,14)(H,16,17). The molecule has 0 bridgehead atoms. The number of carboxylic acid groups (broad SMARTS) is 1. The van der Waals surface area contributed by atoms with Gasteiger partial charge in [-0.05, 0) is 33.0 Å². The number of nitrogens with zero attached hydrogens (tertiary/aromatic N) is 3. The van der Waals surface area contributed by atoms with Crippen LogP contribution in [-0.2, 0) is 0 Å². The van der Waals surface area contributed by atoms with E-state index in [9.17, 15) is 4.79 Å². The first-order chi connectivity index (χ1) is 8.15. The molecule has 0 atom stereocenters. The molecule has 92 valence electrons. The summed E-state index contributed by atoms with van der Waals surface area (Å²) in [5, 5.41) is 12.0. The maximum atomic E-state index is 10.6. The van der Waals surface area contributed by atoms with Crippen LogP contribution in [0.2, 0.25) is 0 Å². The predicted molar refractivity (Wildman–Crippen MR) is 63.1 cm³/mol. The van der Waals surface area contributed by atoms with Crippen molar-refractivity contribution in [3.63, 3.8) is 0 Å². The van der Waals surface area contributed by atoms with Crippen LogP contribution >= 0.6 is 0 Å². The van der Waals surface area contributed by atoms with Crippen molar-refractivity contribution in [3.8, 4) is 0 Å². The number of hydrogen-bond donors (Lipinski definition) is 2. The minimum absolute atomic E-state index is 0.0288. The van der Waals surface area contributed by atoms with Gasteiger partial charge in [0, 0.05) is 6.04 Å². The Hall–Kier alpha value is -1.69. The molecule has 0 saturated carbocycles. The summed E-state index contributed by atoms with van der Waals surface area (Å²) in [5.41, 5.74) is -0.0288. The van der Waals surface area contributed by atoms with Gasteiger partial charge in [-0.25, -0.2) is 14.8 Å². The zero-order valence-electron chi connectivity index (χ0n) is 9.76. The third-order valence-corrected chi connectivity index (χ3v) is 2.94. The number of aromatic nitrogens is 2. The highest BCUT2D eigenvalue weighted by atomic mass is 16.4. The minimum Gasteiger partial charge on any atom is -0.476 e. The highest BCUT2D eigenvalue weighted by Crippen LogP contribution is 2.13. The van der Waals surface area contributed by atoms with E-state index >= 15 is 0 Å². The number of rotatable bonds is 3. The molecule has 0 amide bonds. The first kappa shape index (κ1) is 11.8. The Labute approximate surface area is 99.7 Å². The molecule has 1 fully saturated rings. The van der Waals surface area contributed by atoms with Crippen molar-refractivity contribution in [2.45, 2.75) is 18.9 Å². The Bertz CT molecular complexity index is 385. The van der Waals surface area contributed by atoms with Gasteiger partial charge >= 0.3 is 5.97 Å². The van der Waals surface area contributed by atoms with Gasteiger partial charge in [-0.3, -0.25) is 0 Å². The zero-order valence-corrected chi connectivity index (χ0v) is 9.76. The van der Waals surface area contributed by atoms with E-state index in [0.29, 0.717) is 11.9 Å². The zero-order chi connectivity index (χ0) is 12.3. The monoisotopic (exact) mass is 236 g/mol. The molecule has 1 aliphatic rings. The topological polar surface area (TPSA) is 78.4 Å². The number of nitrogens with one attached hydrogen (secondary N) is 1. The lowest BCUT2D eigenvalue weighted by Gasteiger charge is -2.29. The van der Waals surface area contributed by atoms with Gasteiger partial charge in [0.15, 0.2) is 5.69 Å². The lowest BCUT2D eigenvalue weighted by Crippen LogP contribution is -2.36. The number of likely N-dealkylation sites (tertiary alicyclic amines) is 1. The van der Waals surface area contributed by atoms with Crippen molar-refractivity contribution in [3.05, 3.63) is 18.1 Å². The van der Waals surface area contributed by atoms with Gasteiger partial charge in [0.1, 0.15) is 5.82 Å². The molecular formula is C11H16N4O2. The largest absolute Gasteiger partial charge is 0.476 e. The van der Waals surface area contributed by atoms with Crippen LogP contribution in [0, 0.1) is 0 Å². The average Bonchev–Trinajstić information content (AvgIpc) is 2.33. The van der Waals surface area contributed by atoms with Crippen LogP contribution in [-0.4, -0.2) is 52.1 Å². The molecule has 1 aromatic heterocycles. The number of anilines is 1. The molecule has 0 unspecified atom stereocenters. The fraction of sp³-hybridized carbons (Fsp3) is 0.545. The molecule has 2 heterocycles. The van der Waals surface area contributed by atoms with Crippen molar-refractivity contribution in [2.75, 3.05) is 25.5 Å². The summed E-state index contributed by atoms with van der Waals surface area (Å²) in [7, 11) is 2.11. The quantitative estimate of drug-likeness (QED) is 0.803. The summed E-state index contributed by atoms with van der Waals surface area (Å²) in [5.74, 6) is -0.409. The van der Waals surface area contributed by atoms with E-state index in [0.717, 1.165) is 25.9 Å². The van der Waals surface area contributed by atoms with Crippen LogP contribution in [0.5, 0.6) is 0 Å². The molecule has 1 aliphatic heterocycles. The first-order valence-electron chi connectivity index (χ1n) is 5.65. The fourth-order valence-corrected chi connectivity index (χ4v) is 1.88. The van der Waals surface area contributed by atoms with E-state index in [2.05, 4.69) is 27.2 Å². The summed E-state index contributed by atoms with van der Waals surface area (Å²) >= 11 is 0. The Morgan fingerprint density at radius 3 is 2.65 bits per heavy atom. The van der Waals surface area contributed by atoms with Crippen LogP contribution in [0.1, 0.15) is 23.3 Å². The molecule has 6 nitrogen and oxygen atoms in total. The summed E-state index contributed by atoms with van der Waals surface area (Å²) in [6.07, 6.45) is 4.89. The van der Waals surface area contributed by atoms with Crippen molar-refractivity contribution in [1.29, 1.82) is 0 Å². The smallest absolute Gasteiger partial charge is 0.356 e. The summed E-state index contributed by atoms with van der Waals surface area (Å²) < 4.78 is 0. The average molecular weight is 236 g/mol. The van der Waals surface area contributed by atoms with Crippen LogP contribution in [0.4, 0.5) is 5.82 Å². The van der Waals surface area contributed by atoms with Crippen molar-refractivity contribution < 1.29 is 9.90 Å². The molecule has 1 aromatic rings. The Balaban J connectivity index is 1.92. The Morgan fingerprint density at radius 2 is 2.12 bits per heavy atom. The SMILES string of the molecule is CN1CCC(Nc2cnc(C(=O)O)cn2)CC1. The van der Waals surface area contributed by atoms with Crippen LogP contribution < -0.4 is 5.32 Å². The van der Waals surface area contributed by atoms with E-state index < -0.39 is 5.97 Å². The van der Waals surface area contributed by atoms with Gasteiger partial charge in [-0.2, -0.15) is 0 Å². The van der Waals surface area contributed by atoms with Crippen molar-refractivity contribution in [1.82, 2.24) is 14.9 Å². The summed E-state index contributed by atoms with van der Waals surface area (Å²) in [6, 6.07) is 0.399. The molecule has 0 aliphatic carbocycles. The summed E-state index contributed by atoms with van der Waals surface area (Å²) in [4.78, 5) is 20.8. The predicted octanol–water partition coefficient (Wildman–Crippen LogP) is 0.681. The molecule has 17 heavy (non-hydrogen) atoms. The van der Waals surface area contributed by atoms with Crippen molar-refractivity contribution in [2.24, 2.45) is 0 Å². The summed E-state index contributed by atoms with van der Waals surface area (Å²) in [6.45, 7) is 2.14. The van der Waals surface area contributed by atoms with Gasteiger partial charge in [0.05, 0.1) is 12.4 Å². The number of carboxylic acids is 1. The third kappa shape index (κ3) is 3.13. The van der Waals surface area contributed by atoms with Crippen LogP contribution in [0.15, 0.2) is 12.4 Å². The second-order valence-corrected chi connectivity index (χ2v) is 4.31. The lowest BCUT2D eigenvalue weighted by molar-refractivity contribution is 0.0690. The molecule has 2 N–H and O–H groups in total. The highest BCUT2D eigenvalue weighted by Gasteiger charge is 2.16. The van der Waals surface area contributed by atoms with E-state index in [1.54, 1.807) is 0 Å². The second-order valence-electron chi connectivity index (χ2n) is 4.31. The van der Waals surface area contributed by atoms with Gasteiger partial charge in [0.25, 0.3) is 0 Å². The fourth-order valence-electron chi connectivity index (χ4n) is 1.88. The molecule has 1 saturated heterocycles. The number of piperidine rings is 1. The van der Waals surface area contributed by atoms with E-state index in [1.807, 2.05) is 0 Å². The Morgan fingerprint density at radius 1 is 1.41 bits per heavy atom.